The molecule has 1 aromatic heterocycles. The van der Waals surface area contributed by atoms with Gasteiger partial charge in [-0.05, 0) is 62.9 Å². The fourth-order valence-electron chi connectivity index (χ4n) is 4.42. The lowest BCUT2D eigenvalue weighted by molar-refractivity contribution is -0.120. The fraction of sp³-hybridized carbons (Fsp3) is 0.520. The highest BCUT2D eigenvalue weighted by molar-refractivity contribution is 7.16. The highest BCUT2D eigenvalue weighted by Gasteiger charge is 2.24. The summed E-state index contributed by atoms with van der Waals surface area (Å²) in [5, 5.41) is 13.5. The number of anilines is 2. The Labute approximate surface area is 194 Å². The van der Waals surface area contributed by atoms with Gasteiger partial charge >= 0.3 is 0 Å². The van der Waals surface area contributed by atoms with Gasteiger partial charge in [0.25, 0.3) is 0 Å². The Hall–Kier alpha value is -2.40. The Balaban J connectivity index is 1.37. The average molecular weight is 453 g/mol. The number of morpholine rings is 1. The van der Waals surface area contributed by atoms with Gasteiger partial charge in [0, 0.05) is 30.2 Å². The summed E-state index contributed by atoms with van der Waals surface area (Å²) in [6.07, 6.45) is 5.45. The summed E-state index contributed by atoms with van der Waals surface area (Å²) in [5.74, 6) is -0.0645. The number of hydrogen-bond donors (Lipinski definition) is 1. The summed E-state index contributed by atoms with van der Waals surface area (Å²) in [6, 6.07) is 10.6. The first kappa shape index (κ1) is 22.8. The Morgan fingerprint density at radius 2 is 1.94 bits per heavy atom. The van der Waals surface area contributed by atoms with Crippen molar-refractivity contribution in [3.63, 3.8) is 0 Å². The van der Waals surface area contributed by atoms with Crippen molar-refractivity contribution in [1.82, 2.24) is 4.90 Å². The second kappa shape index (κ2) is 10.5. The highest BCUT2D eigenvalue weighted by atomic mass is 32.1. The Morgan fingerprint density at radius 3 is 2.66 bits per heavy atom. The van der Waals surface area contributed by atoms with Gasteiger partial charge in [-0.25, -0.2) is 0 Å². The maximum Gasteiger partial charge on any atom is 0.242 e. The fourth-order valence-corrected chi connectivity index (χ4v) is 5.67. The monoisotopic (exact) mass is 452 g/mol. The van der Waals surface area contributed by atoms with Crippen LogP contribution in [0.2, 0.25) is 0 Å². The van der Waals surface area contributed by atoms with Crippen LogP contribution in [0.1, 0.15) is 47.8 Å². The highest BCUT2D eigenvalue weighted by Crippen LogP contribution is 2.37. The SMILES string of the molecule is CC(C(=O)Nc1sc2c(c1C#N)CCCCC2)N(C)Cc1ccc(N2CCOCC2)cc1. The Morgan fingerprint density at radius 1 is 1.22 bits per heavy atom. The largest absolute Gasteiger partial charge is 0.378 e. The van der Waals surface area contributed by atoms with E-state index in [1.807, 2.05) is 18.9 Å². The minimum absolute atomic E-state index is 0.0645. The number of likely N-dealkylation sites (N-methyl/N-ethyl adjacent to an activating group) is 1. The molecule has 1 atom stereocenters. The molecule has 32 heavy (non-hydrogen) atoms. The molecule has 7 heteroatoms. The van der Waals surface area contributed by atoms with E-state index in [4.69, 9.17) is 4.74 Å². The van der Waals surface area contributed by atoms with Crippen molar-refractivity contribution in [2.45, 2.75) is 51.6 Å². The van der Waals surface area contributed by atoms with Crippen LogP contribution in [0, 0.1) is 11.3 Å². The van der Waals surface area contributed by atoms with Gasteiger partial charge in [-0.2, -0.15) is 5.26 Å². The first-order chi connectivity index (χ1) is 15.6. The molecule has 1 aliphatic carbocycles. The quantitative estimate of drug-likeness (QED) is 0.666. The number of hydrogen-bond acceptors (Lipinski definition) is 6. The van der Waals surface area contributed by atoms with Crippen LogP contribution >= 0.6 is 11.3 Å². The van der Waals surface area contributed by atoms with Gasteiger partial charge < -0.3 is 15.0 Å². The molecule has 2 aliphatic rings. The zero-order valence-electron chi connectivity index (χ0n) is 19.0. The van der Waals surface area contributed by atoms with Crippen molar-refractivity contribution in [3.8, 4) is 6.07 Å². The van der Waals surface area contributed by atoms with Crippen molar-refractivity contribution in [2.75, 3.05) is 43.6 Å². The molecule has 1 amide bonds. The van der Waals surface area contributed by atoms with Gasteiger partial charge in [0.15, 0.2) is 0 Å². The number of fused-ring (bicyclic) bond motifs is 1. The maximum atomic E-state index is 13.0. The van der Waals surface area contributed by atoms with Crippen LogP contribution in [-0.2, 0) is 28.9 Å². The van der Waals surface area contributed by atoms with Crippen molar-refractivity contribution in [3.05, 3.63) is 45.8 Å². The van der Waals surface area contributed by atoms with E-state index in [1.54, 1.807) is 11.3 Å². The number of nitrogens with zero attached hydrogens (tertiary/aromatic N) is 3. The number of amides is 1. The third-order valence-electron chi connectivity index (χ3n) is 6.55. The third-order valence-corrected chi connectivity index (χ3v) is 7.76. The zero-order chi connectivity index (χ0) is 22.5. The van der Waals surface area contributed by atoms with Crippen LogP contribution in [-0.4, -0.2) is 50.2 Å². The molecule has 1 fully saturated rings. The van der Waals surface area contributed by atoms with E-state index in [-0.39, 0.29) is 11.9 Å². The molecule has 1 saturated heterocycles. The predicted molar refractivity (Wildman–Crippen MR) is 129 cm³/mol. The van der Waals surface area contributed by atoms with Gasteiger partial charge in [-0.1, -0.05) is 18.6 Å². The lowest BCUT2D eigenvalue weighted by Gasteiger charge is -2.29. The molecule has 0 saturated carbocycles. The van der Waals surface area contributed by atoms with Crippen LogP contribution in [0.5, 0.6) is 0 Å². The smallest absolute Gasteiger partial charge is 0.242 e. The number of carbonyl (C=O) groups excluding carboxylic acids is 1. The molecule has 0 bridgehead atoms. The lowest BCUT2D eigenvalue weighted by atomic mass is 10.1. The third kappa shape index (κ3) is 5.15. The summed E-state index contributed by atoms with van der Waals surface area (Å²) in [6.45, 7) is 6.00. The number of thiophene rings is 1. The van der Waals surface area contributed by atoms with Crippen LogP contribution in [0.15, 0.2) is 24.3 Å². The molecule has 1 unspecified atom stereocenters. The van der Waals surface area contributed by atoms with Crippen molar-refractivity contribution < 1.29 is 9.53 Å². The maximum absolute atomic E-state index is 13.0. The average Bonchev–Trinajstić information content (AvgIpc) is 2.98. The molecular weight excluding hydrogens is 420 g/mol. The van der Waals surface area contributed by atoms with E-state index in [9.17, 15) is 10.1 Å². The van der Waals surface area contributed by atoms with Gasteiger partial charge in [-0.15, -0.1) is 11.3 Å². The Bertz CT molecular complexity index is 973. The molecule has 6 nitrogen and oxygen atoms in total. The second-order valence-corrected chi connectivity index (χ2v) is 9.83. The lowest BCUT2D eigenvalue weighted by Crippen LogP contribution is -2.39. The number of aryl methyl sites for hydroxylation is 1. The van der Waals surface area contributed by atoms with Gasteiger partial charge in [0.1, 0.15) is 11.1 Å². The summed E-state index contributed by atoms with van der Waals surface area (Å²) < 4.78 is 5.43. The summed E-state index contributed by atoms with van der Waals surface area (Å²) in [5.41, 5.74) is 4.22. The second-order valence-electron chi connectivity index (χ2n) is 8.73. The summed E-state index contributed by atoms with van der Waals surface area (Å²) >= 11 is 1.59. The first-order valence-corrected chi connectivity index (χ1v) is 12.4. The van der Waals surface area contributed by atoms with Crippen LogP contribution in [0.3, 0.4) is 0 Å². The first-order valence-electron chi connectivity index (χ1n) is 11.5. The van der Waals surface area contributed by atoms with Crippen LogP contribution < -0.4 is 10.2 Å². The topological polar surface area (TPSA) is 68.6 Å². The van der Waals surface area contributed by atoms with E-state index < -0.39 is 0 Å². The number of benzene rings is 1. The molecule has 1 aromatic carbocycles. The number of carbonyl (C=O) groups is 1. The van der Waals surface area contributed by atoms with E-state index in [0.717, 1.165) is 62.6 Å². The normalized spacial score (nSPS) is 17.4. The summed E-state index contributed by atoms with van der Waals surface area (Å²) in [4.78, 5) is 18.6. The molecule has 0 spiro atoms. The van der Waals surface area contributed by atoms with Gasteiger partial charge in [-0.3, -0.25) is 9.69 Å². The van der Waals surface area contributed by atoms with Crippen molar-refractivity contribution in [2.24, 2.45) is 0 Å². The summed E-state index contributed by atoms with van der Waals surface area (Å²) in [7, 11) is 1.97. The minimum Gasteiger partial charge on any atom is -0.378 e. The van der Waals surface area contributed by atoms with Gasteiger partial charge in [0.05, 0.1) is 24.8 Å². The minimum atomic E-state index is -0.303. The molecule has 1 aliphatic heterocycles. The molecular formula is C25H32N4O2S. The predicted octanol–water partition coefficient (Wildman–Crippen LogP) is 4.18. The molecule has 4 rings (SSSR count). The Kier molecular flexibility index (Phi) is 7.46. The number of nitriles is 1. The van der Waals surface area contributed by atoms with Crippen molar-refractivity contribution >= 4 is 27.9 Å². The molecule has 0 radical (unpaired) electrons. The number of ether oxygens (including phenoxy) is 1. The molecule has 170 valence electrons. The van der Waals surface area contributed by atoms with Crippen LogP contribution in [0.4, 0.5) is 10.7 Å². The van der Waals surface area contributed by atoms with Crippen LogP contribution in [0.25, 0.3) is 0 Å². The van der Waals surface area contributed by atoms with E-state index in [2.05, 4.69) is 40.6 Å². The number of rotatable bonds is 6. The zero-order valence-corrected chi connectivity index (χ0v) is 19.8. The molecule has 1 N–H and O–H groups in total. The van der Waals surface area contributed by atoms with E-state index in [1.165, 1.54) is 22.5 Å². The molecule has 2 heterocycles. The number of nitrogens with one attached hydrogen (secondary N) is 1. The molecule has 2 aromatic rings. The van der Waals surface area contributed by atoms with Crippen molar-refractivity contribution in [1.29, 1.82) is 5.26 Å². The van der Waals surface area contributed by atoms with E-state index in [0.29, 0.717) is 12.1 Å². The van der Waals surface area contributed by atoms with E-state index >= 15 is 0 Å². The van der Waals surface area contributed by atoms with Gasteiger partial charge in [0.2, 0.25) is 5.91 Å². The standard InChI is InChI=1S/C25H32N4O2S/c1-18(24(30)27-25-22(16-26)21-6-4-3-5-7-23(21)32-25)28(2)17-19-8-10-20(11-9-19)29-12-14-31-15-13-29/h8-11,18H,3-7,12-15,17H2,1-2H3,(H,27,30).